The fourth-order valence-electron chi connectivity index (χ4n) is 2.05. The predicted molar refractivity (Wildman–Crippen MR) is 71.5 cm³/mol. The lowest BCUT2D eigenvalue weighted by atomic mass is 10.1. The van der Waals surface area contributed by atoms with Gasteiger partial charge < -0.3 is 5.11 Å². The fourth-order valence-corrected chi connectivity index (χ4v) is 3.61. The number of carboxylic acids is 1. The van der Waals surface area contributed by atoms with E-state index >= 15 is 0 Å². The largest absolute Gasteiger partial charge is 0.475 e. The first-order chi connectivity index (χ1) is 8.58. The van der Waals surface area contributed by atoms with Gasteiger partial charge in [-0.2, -0.15) is 0 Å². The summed E-state index contributed by atoms with van der Waals surface area (Å²) in [6.07, 6.45) is 4.89. The Morgan fingerprint density at radius 1 is 1.28 bits per heavy atom. The van der Waals surface area contributed by atoms with Gasteiger partial charge >= 0.3 is 5.97 Å². The minimum Gasteiger partial charge on any atom is -0.475 e. The summed E-state index contributed by atoms with van der Waals surface area (Å²) in [5, 5.41) is 9.67. The maximum absolute atomic E-state index is 11.3. The Morgan fingerprint density at radius 2 is 1.94 bits per heavy atom. The number of rotatable bonds is 4. The second-order valence-corrected chi connectivity index (χ2v) is 6.05. The number of benzene rings is 1. The van der Waals surface area contributed by atoms with Gasteiger partial charge in [0.25, 0.3) is 5.78 Å². The third-order valence-corrected chi connectivity index (χ3v) is 4.82. The van der Waals surface area contributed by atoms with E-state index in [0.717, 1.165) is 4.90 Å². The maximum atomic E-state index is 11.3. The molecule has 3 nitrogen and oxygen atoms in total. The number of thioether (sulfide) groups is 1. The number of halogens is 1. The third-order valence-electron chi connectivity index (χ3n) is 2.98. The second kappa shape index (κ2) is 5.76. The van der Waals surface area contributed by atoms with E-state index in [1.165, 1.54) is 37.8 Å². The van der Waals surface area contributed by atoms with Gasteiger partial charge in [-0.15, -0.1) is 11.8 Å². The van der Waals surface area contributed by atoms with Gasteiger partial charge in [0.1, 0.15) is 0 Å². The quantitative estimate of drug-likeness (QED) is 0.677. The Labute approximate surface area is 115 Å². The minimum atomic E-state index is -1.46. The van der Waals surface area contributed by atoms with Gasteiger partial charge in [0.05, 0.1) is 5.02 Å². The highest BCUT2D eigenvalue weighted by Gasteiger charge is 2.19. The van der Waals surface area contributed by atoms with Crippen LogP contribution >= 0.6 is 23.4 Å². The average Bonchev–Trinajstić information content (AvgIpc) is 2.83. The van der Waals surface area contributed by atoms with Gasteiger partial charge in [-0.25, -0.2) is 4.79 Å². The molecular weight excluding hydrogens is 272 g/mol. The van der Waals surface area contributed by atoms with Crippen molar-refractivity contribution >= 4 is 35.1 Å². The molecule has 0 amide bonds. The van der Waals surface area contributed by atoms with Crippen LogP contribution in [0.2, 0.25) is 5.02 Å². The van der Waals surface area contributed by atoms with Crippen LogP contribution in [0.3, 0.4) is 0 Å². The zero-order valence-corrected chi connectivity index (χ0v) is 11.3. The van der Waals surface area contributed by atoms with Crippen LogP contribution in [0.1, 0.15) is 36.0 Å². The summed E-state index contributed by atoms with van der Waals surface area (Å²) in [6.45, 7) is 0. The molecule has 1 saturated carbocycles. The topological polar surface area (TPSA) is 54.4 Å². The number of carbonyl (C=O) groups is 2. The van der Waals surface area contributed by atoms with Crippen molar-refractivity contribution in [2.75, 3.05) is 0 Å². The summed E-state index contributed by atoms with van der Waals surface area (Å²) in [7, 11) is 0. The Hall–Kier alpha value is -1.000. The van der Waals surface area contributed by atoms with Crippen LogP contribution in [0.5, 0.6) is 0 Å². The van der Waals surface area contributed by atoms with E-state index in [4.69, 9.17) is 16.7 Å². The average molecular weight is 285 g/mol. The van der Waals surface area contributed by atoms with E-state index in [2.05, 4.69) is 0 Å². The van der Waals surface area contributed by atoms with Crippen LogP contribution < -0.4 is 0 Å². The molecule has 18 heavy (non-hydrogen) atoms. The number of carboxylic acid groups (broad SMARTS) is 1. The van der Waals surface area contributed by atoms with Crippen LogP contribution in [-0.4, -0.2) is 22.1 Å². The number of hydrogen-bond donors (Lipinski definition) is 1. The normalized spacial score (nSPS) is 15.8. The molecule has 0 heterocycles. The molecule has 0 spiro atoms. The van der Waals surface area contributed by atoms with Crippen LogP contribution in [0.15, 0.2) is 23.1 Å². The number of carbonyl (C=O) groups excluding carboxylic acids is 1. The lowest BCUT2D eigenvalue weighted by molar-refractivity contribution is -0.131. The molecule has 0 aliphatic heterocycles. The molecule has 1 N–H and O–H groups in total. The standard InChI is InChI=1S/C13H13ClO3S/c14-10-7-8(12(15)13(16)17)5-6-11(10)18-9-3-1-2-4-9/h5-7,9H,1-4H2,(H,16,17). The van der Waals surface area contributed by atoms with E-state index in [0.29, 0.717) is 10.3 Å². The van der Waals surface area contributed by atoms with E-state index in [9.17, 15) is 9.59 Å². The van der Waals surface area contributed by atoms with Crippen molar-refractivity contribution in [1.29, 1.82) is 0 Å². The highest BCUT2D eigenvalue weighted by molar-refractivity contribution is 8.00. The SMILES string of the molecule is O=C(O)C(=O)c1ccc(SC2CCCC2)c(Cl)c1. The predicted octanol–water partition coefficient (Wildman–Crippen LogP) is 3.64. The van der Waals surface area contributed by atoms with Crippen molar-refractivity contribution in [1.82, 2.24) is 0 Å². The lowest BCUT2D eigenvalue weighted by Gasteiger charge is -2.10. The molecule has 0 atom stereocenters. The summed E-state index contributed by atoms with van der Waals surface area (Å²) in [4.78, 5) is 22.8. The molecule has 1 aliphatic rings. The van der Waals surface area contributed by atoms with Gasteiger partial charge in [0.15, 0.2) is 0 Å². The molecule has 5 heteroatoms. The smallest absolute Gasteiger partial charge is 0.377 e. The molecular formula is C13H13ClO3S. The minimum absolute atomic E-state index is 0.128. The zero-order valence-electron chi connectivity index (χ0n) is 9.69. The van der Waals surface area contributed by atoms with Crippen molar-refractivity contribution in [3.63, 3.8) is 0 Å². The molecule has 1 aliphatic carbocycles. The van der Waals surface area contributed by atoms with E-state index < -0.39 is 11.8 Å². The number of hydrogen-bond acceptors (Lipinski definition) is 3. The summed E-state index contributed by atoms with van der Waals surface area (Å²) in [5.74, 6) is -2.38. The number of aliphatic carboxylic acids is 1. The highest BCUT2D eigenvalue weighted by Crippen LogP contribution is 2.38. The second-order valence-electron chi connectivity index (χ2n) is 4.30. The fraction of sp³-hybridized carbons (Fsp3) is 0.385. The van der Waals surface area contributed by atoms with Crippen LogP contribution in [0.25, 0.3) is 0 Å². The molecule has 2 rings (SSSR count). The summed E-state index contributed by atoms with van der Waals surface area (Å²) in [5.41, 5.74) is 0.128. The van der Waals surface area contributed by atoms with Crippen LogP contribution in [0, 0.1) is 0 Å². The zero-order chi connectivity index (χ0) is 13.1. The number of Topliss-reactive ketones (excluding diaryl/α,β-unsaturated/α-hetero) is 1. The van der Waals surface area contributed by atoms with E-state index in [1.54, 1.807) is 17.8 Å². The maximum Gasteiger partial charge on any atom is 0.377 e. The molecule has 1 aromatic carbocycles. The first kappa shape index (κ1) is 13.4. The molecule has 0 saturated heterocycles. The van der Waals surface area contributed by atoms with Crippen molar-refractivity contribution in [2.24, 2.45) is 0 Å². The molecule has 96 valence electrons. The van der Waals surface area contributed by atoms with Crippen molar-refractivity contribution < 1.29 is 14.7 Å². The Morgan fingerprint density at radius 3 is 2.50 bits per heavy atom. The molecule has 0 aromatic heterocycles. The molecule has 0 radical (unpaired) electrons. The molecule has 1 fully saturated rings. The van der Waals surface area contributed by atoms with Crippen molar-refractivity contribution in [3.8, 4) is 0 Å². The Kier molecular flexibility index (Phi) is 4.30. The first-order valence-electron chi connectivity index (χ1n) is 5.82. The van der Waals surface area contributed by atoms with Crippen LogP contribution in [0.4, 0.5) is 0 Å². The van der Waals surface area contributed by atoms with E-state index in [1.807, 2.05) is 0 Å². The summed E-state index contributed by atoms with van der Waals surface area (Å²) >= 11 is 7.81. The third kappa shape index (κ3) is 3.06. The van der Waals surface area contributed by atoms with Crippen molar-refractivity contribution in [3.05, 3.63) is 28.8 Å². The summed E-state index contributed by atoms with van der Waals surface area (Å²) < 4.78 is 0. The molecule has 0 unspecified atom stereocenters. The molecule has 1 aromatic rings. The van der Waals surface area contributed by atoms with Gasteiger partial charge in [-0.3, -0.25) is 4.79 Å². The van der Waals surface area contributed by atoms with Gasteiger partial charge in [0.2, 0.25) is 0 Å². The lowest BCUT2D eigenvalue weighted by Crippen LogP contribution is -2.12. The van der Waals surface area contributed by atoms with Gasteiger partial charge in [-0.1, -0.05) is 24.4 Å². The van der Waals surface area contributed by atoms with Crippen LogP contribution in [-0.2, 0) is 4.79 Å². The van der Waals surface area contributed by atoms with Gasteiger partial charge in [0, 0.05) is 15.7 Å². The summed E-state index contributed by atoms with van der Waals surface area (Å²) in [6, 6.07) is 4.70. The van der Waals surface area contributed by atoms with Gasteiger partial charge in [-0.05, 0) is 31.0 Å². The highest BCUT2D eigenvalue weighted by atomic mass is 35.5. The first-order valence-corrected chi connectivity index (χ1v) is 7.07. The number of ketones is 1. The Bertz CT molecular complexity index is 481. The monoisotopic (exact) mass is 284 g/mol. The van der Waals surface area contributed by atoms with E-state index in [-0.39, 0.29) is 5.56 Å². The van der Waals surface area contributed by atoms with Crippen molar-refractivity contribution in [2.45, 2.75) is 35.8 Å². The molecule has 0 bridgehead atoms. The Balaban J connectivity index is 2.14.